The number of benzene rings is 1. The fourth-order valence-corrected chi connectivity index (χ4v) is 1.42. The van der Waals surface area contributed by atoms with Crippen LogP contribution in [-0.2, 0) is 4.79 Å². The molecule has 1 rings (SSSR count). The van der Waals surface area contributed by atoms with E-state index >= 15 is 0 Å². The van der Waals surface area contributed by atoms with E-state index in [-0.39, 0.29) is 11.7 Å². The Morgan fingerprint density at radius 3 is 2.42 bits per heavy atom. The molecule has 1 aromatic rings. The summed E-state index contributed by atoms with van der Waals surface area (Å²) in [6.45, 7) is 1.90. The fourth-order valence-electron chi connectivity index (χ4n) is 1.42. The molecule has 4 nitrogen and oxygen atoms in total. The van der Waals surface area contributed by atoms with Crippen molar-refractivity contribution in [2.75, 3.05) is 5.32 Å². The third-order valence-electron chi connectivity index (χ3n) is 2.29. The molecule has 0 bridgehead atoms. The summed E-state index contributed by atoms with van der Waals surface area (Å²) < 4.78 is 39.5. The number of hydrogen-bond donors (Lipinski definition) is 2. The molecule has 0 aliphatic carbocycles. The van der Waals surface area contributed by atoms with Gasteiger partial charge in [0.1, 0.15) is 5.75 Å². The summed E-state index contributed by atoms with van der Waals surface area (Å²) in [4.78, 5) is 11.6. The Kier molecular flexibility index (Phi) is 5.17. The zero-order valence-corrected chi connectivity index (χ0v) is 10.3. The van der Waals surface area contributed by atoms with E-state index in [4.69, 9.17) is 5.73 Å². The number of hydrogen-bond acceptors (Lipinski definition) is 3. The van der Waals surface area contributed by atoms with Crippen molar-refractivity contribution in [2.24, 2.45) is 5.73 Å². The van der Waals surface area contributed by atoms with Gasteiger partial charge in [-0.15, -0.1) is 13.2 Å². The van der Waals surface area contributed by atoms with E-state index in [9.17, 15) is 18.0 Å². The molecule has 1 atom stereocenters. The van der Waals surface area contributed by atoms with Gasteiger partial charge >= 0.3 is 6.36 Å². The van der Waals surface area contributed by atoms with Crippen LogP contribution in [0.3, 0.4) is 0 Å². The number of nitrogens with one attached hydrogen (secondary N) is 1. The quantitative estimate of drug-likeness (QED) is 0.869. The van der Waals surface area contributed by atoms with Crippen LogP contribution in [-0.4, -0.2) is 18.3 Å². The number of alkyl halides is 3. The average molecular weight is 276 g/mol. The number of rotatable bonds is 5. The topological polar surface area (TPSA) is 64.4 Å². The molecule has 0 saturated heterocycles. The zero-order valence-electron chi connectivity index (χ0n) is 10.3. The van der Waals surface area contributed by atoms with Gasteiger partial charge in [-0.25, -0.2) is 0 Å². The van der Waals surface area contributed by atoms with Crippen LogP contribution in [0.5, 0.6) is 5.75 Å². The van der Waals surface area contributed by atoms with E-state index in [1.54, 1.807) is 0 Å². The standard InChI is InChI=1S/C12H15F3N2O2/c1-2-3-10(16)11(18)17-8-4-6-9(7-5-8)19-12(13,14)15/h4-7,10H,2-3,16H2,1H3,(H,17,18)/t10-/m0/s1. The lowest BCUT2D eigenvalue weighted by Gasteiger charge is -2.12. The summed E-state index contributed by atoms with van der Waals surface area (Å²) in [5.74, 6) is -0.713. The van der Waals surface area contributed by atoms with Gasteiger partial charge in [-0.2, -0.15) is 0 Å². The Hall–Kier alpha value is -1.76. The van der Waals surface area contributed by atoms with Gasteiger partial charge in [-0.1, -0.05) is 13.3 Å². The maximum Gasteiger partial charge on any atom is 0.573 e. The molecule has 3 N–H and O–H groups in total. The number of ether oxygens (including phenoxy) is 1. The summed E-state index contributed by atoms with van der Waals surface area (Å²) in [7, 11) is 0. The lowest BCUT2D eigenvalue weighted by Crippen LogP contribution is -2.35. The van der Waals surface area contributed by atoms with Crippen LogP contribution < -0.4 is 15.8 Å². The number of amides is 1. The van der Waals surface area contributed by atoms with Gasteiger partial charge in [0.15, 0.2) is 0 Å². The highest BCUT2D eigenvalue weighted by Gasteiger charge is 2.30. The third-order valence-corrected chi connectivity index (χ3v) is 2.29. The minimum atomic E-state index is -4.73. The lowest BCUT2D eigenvalue weighted by molar-refractivity contribution is -0.274. The van der Waals surface area contributed by atoms with Crippen LogP contribution in [0.25, 0.3) is 0 Å². The van der Waals surface area contributed by atoms with Gasteiger partial charge in [0.05, 0.1) is 6.04 Å². The van der Waals surface area contributed by atoms with Crippen LogP contribution in [0.1, 0.15) is 19.8 Å². The Labute approximate surface area is 108 Å². The molecule has 0 spiro atoms. The van der Waals surface area contributed by atoms with E-state index in [2.05, 4.69) is 10.1 Å². The number of carbonyl (C=O) groups is 1. The molecule has 0 radical (unpaired) electrons. The van der Waals surface area contributed by atoms with Crippen molar-refractivity contribution in [2.45, 2.75) is 32.2 Å². The number of carbonyl (C=O) groups excluding carboxylic acids is 1. The van der Waals surface area contributed by atoms with Crippen LogP contribution in [0, 0.1) is 0 Å². The van der Waals surface area contributed by atoms with Crippen molar-refractivity contribution in [3.8, 4) is 5.75 Å². The maximum absolute atomic E-state index is 11.9. The lowest BCUT2D eigenvalue weighted by atomic mass is 10.1. The van der Waals surface area contributed by atoms with E-state index in [1.807, 2.05) is 6.92 Å². The maximum atomic E-state index is 11.9. The minimum Gasteiger partial charge on any atom is -0.406 e. The highest BCUT2D eigenvalue weighted by atomic mass is 19.4. The van der Waals surface area contributed by atoms with E-state index in [1.165, 1.54) is 12.1 Å². The summed E-state index contributed by atoms with van der Waals surface area (Å²) >= 11 is 0. The van der Waals surface area contributed by atoms with Gasteiger partial charge in [-0.05, 0) is 30.7 Å². The molecule has 0 heterocycles. The second-order valence-corrected chi connectivity index (χ2v) is 3.96. The summed E-state index contributed by atoms with van der Waals surface area (Å²) in [6.07, 6.45) is -3.41. The number of nitrogens with two attached hydrogens (primary N) is 1. The Balaban J connectivity index is 2.59. The Bertz CT molecular complexity index is 418. The number of halogens is 3. The molecule has 1 amide bonds. The van der Waals surface area contributed by atoms with Crippen LogP contribution in [0.2, 0.25) is 0 Å². The molecule has 0 saturated carbocycles. The van der Waals surface area contributed by atoms with E-state index in [0.717, 1.165) is 18.6 Å². The summed E-state index contributed by atoms with van der Waals surface area (Å²) in [5.41, 5.74) is 5.97. The molecule has 0 unspecified atom stereocenters. The first kappa shape index (κ1) is 15.3. The predicted octanol–water partition coefficient (Wildman–Crippen LogP) is 2.65. The molecule has 0 aliphatic rings. The highest BCUT2D eigenvalue weighted by molar-refractivity contribution is 5.94. The summed E-state index contributed by atoms with van der Waals surface area (Å²) in [5, 5.41) is 2.52. The zero-order chi connectivity index (χ0) is 14.5. The molecule has 1 aromatic carbocycles. The molecule has 0 fully saturated rings. The highest BCUT2D eigenvalue weighted by Crippen LogP contribution is 2.23. The SMILES string of the molecule is CCC[C@H](N)C(=O)Nc1ccc(OC(F)(F)F)cc1. The molecule has 106 valence electrons. The largest absolute Gasteiger partial charge is 0.573 e. The van der Waals surface area contributed by atoms with Crippen molar-refractivity contribution >= 4 is 11.6 Å². The second-order valence-electron chi connectivity index (χ2n) is 3.96. The molecule has 19 heavy (non-hydrogen) atoms. The first-order valence-corrected chi connectivity index (χ1v) is 5.74. The van der Waals surface area contributed by atoms with Crippen molar-refractivity contribution in [3.05, 3.63) is 24.3 Å². The van der Waals surface area contributed by atoms with Crippen molar-refractivity contribution in [1.29, 1.82) is 0 Å². The normalized spacial score (nSPS) is 12.9. The van der Waals surface area contributed by atoms with Crippen LogP contribution in [0.15, 0.2) is 24.3 Å². The van der Waals surface area contributed by atoms with Crippen molar-refractivity contribution < 1.29 is 22.7 Å². The smallest absolute Gasteiger partial charge is 0.406 e. The van der Waals surface area contributed by atoms with Gasteiger partial charge in [0, 0.05) is 5.69 Å². The van der Waals surface area contributed by atoms with Gasteiger partial charge in [0.2, 0.25) is 5.91 Å². The fraction of sp³-hybridized carbons (Fsp3) is 0.417. The van der Waals surface area contributed by atoms with E-state index in [0.29, 0.717) is 12.1 Å². The van der Waals surface area contributed by atoms with Gasteiger partial charge in [-0.3, -0.25) is 4.79 Å². The summed E-state index contributed by atoms with van der Waals surface area (Å²) in [6, 6.07) is 4.24. The monoisotopic (exact) mass is 276 g/mol. The second kappa shape index (κ2) is 6.42. The molecular weight excluding hydrogens is 261 g/mol. The first-order chi connectivity index (χ1) is 8.81. The molecule has 0 aliphatic heterocycles. The Morgan fingerprint density at radius 1 is 1.37 bits per heavy atom. The van der Waals surface area contributed by atoms with Gasteiger partial charge in [0.25, 0.3) is 0 Å². The van der Waals surface area contributed by atoms with E-state index < -0.39 is 12.4 Å². The van der Waals surface area contributed by atoms with Crippen molar-refractivity contribution in [3.63, 3.8) is 0 Å². The number of anilines is 1. The average Bonchev–Trinajstić information content (AvgIpc) is 2.30. The third kappa shape index (κ3) is 5.60. The predicted molar refractivity (Wildman–Crippen MR) is 64.6 cm³/mol. The van der Waals surface area contributed by atoms with Crippen LogP contribution >= 0.6 is 0 Å². The van der Waals surface area contributed by atoms with Crippen molar-refractivity contribution in [1.82, 2.24) is 0 Å². The van der Waals surface area contributed by atoms with Gasteiger partial charge < -0.3 is 15.8 Å². The molecular formula is C12H15F3N2O2. The van der Waals surface area contributed by atoms with Crippen LogP contribution in [0.4, 0.5) is 18.9 Å². The Morgan fingerprint density at radius 2 is 1.95 bits per heavy atom. The molecule has 7 heteroatoms. The first-order valence-electron chi connectivity index (χ1n) is 5.74. The molecule has 0 aromatic heterocycles. The minimum absolute atomic E-state index is 0.344.